The molecule has 1 aromatic rings. The van der Waals surface area contributed by atoms with E-state index in [0.29, 0.717) is 5.92 Å². The van der Waals surface area contributed by atoms with Gasteiger partial charge in [-0.1, -0.05) is 20.3 Å². The van der Waals surface area contributed by atoms with Crippen molar-refractivity contribution in [2.45, 2.75) is 39.7 Å². The van der Waals surface area contributed by atoms with Crippen LogP contribution in [0.1, 0.15) is 44.0 Å². The molecule has 1 aromatic heterocycles. The van der Waals surface area contributed by atoms with Crippen LogP contribution < -0.4 is 5.32 Å². The first-order valence-corrected chi connectivity index (χ1v) is 5.95. The van der Waals surface area contributed by atoms with E-state index in [-0.39, 0.29) is 17.5 Å². The summed E-state index contributed by atoms with van der Waals surface area (Å²) in [5.74, 6) is -0.408. The van der Waals surface area contributed by atoms with Crippen LogP contribution in [0, 0.1) is 11.7 Å². The van der Waals surface area contributed by atoms with Crippen molar-refractivity contribution < 1.29 is 9.18 Å². The Labute approximate surface area is 101 Å². The minimum absolute atomic E-state index is 0.0463. The van der Waals surface area contributed by atoms with Crippen LogP contribution in [0.3, 0.4) is 0 Å². The molecule has 1 N–H and O–H groups in total. The molecule has 0 aliphatic heterocycles. The normalized spacial score (nSPS) is 14.1. The summed E-state index contributed by atoms with van der Waals surface area (Å²) in [5.41, 5.74) is 0.0519. The third-order valence-corrected chi connectivity index (χ3v) is 2.85. The van der Waals surface area contributed by atoms with Crippen LogP contribution in [0.4, 0.5) is 4.39 Å². The Hall–Kier alpha value is -1.45. The smallest absolute Gasteiger partial charge is 0.254 e. The SMILES string of the molecule is CCC(C)CC(C)NC(=O)c1ccncc1F. The molecule has 0 radical (unpaired) electrons. The van der Waals surface area contributed by atoms with E-state index in [4.69, 9.17) is 0 Å². The summed E-state index contributed by atoms with van der Waals surface area (Å²) >= 11 is 0. The molecule has 1 amide bonds. The highest BCUT2D eigenvalue weighted by Crippen LogP contribution is 2.11. The lowest BCUT2D eigenvalue weighted by Gasteiger charge is -2.17. The first-order valence-electron chi connectivity index (χ1n) is 5.95. The molecule has 0 saturated heterocycles. The molecule has 0 aliphatic rings. The van der Waals surface area contributed by atoms with Gasteiger partial charge in [0.2, 0.25) is 0 Å². The summed E-state index contributed by atoms with van der Waals surface area (Å²) in [6.07, 6.45) is 4.43. The topological polar surface area (TPSA) is 42.0 Å². The number of nitrogens with zero attached hydrogens (tertiary/aromatic N) is 1. The third kappa shape index (κ3) is 4.13. The zero-order chi connectivity index (χ0) is 12.8. The van der Waals surface area contributed by atoms with Gasteiger partial charge in [-0.05, 0) is 25.3 Å². The van der Waals surface area contributed by atoms with Crippen molar-refractivity contribution in [3.63, 3.8) is 0 Å². The molecular formula is C13H19FN2O. The Balaban J connectivity index is 2.58. The van der Waals surface area contributed by atoms with Gasteiger partial charge in [-0.25, -0.2) is 4.39 Å². The van der Waals surface area contributed by atoms with Crippen molar-refractivity contribution in [2.75, 3.05) is 0 Å². The molecule has 0 bridgehead atoms. The number of halogens is 1. The van der Waals surface area contributed by atoms with Crippen molar-refractivity contribution in [3.8, 4) is 0 Å². The molecular weight excluding hydrogens is 219 g/mol. The highest BCUT2D eigenvalue weighted by Gasteiger charge is 2.14. The van der Waals surface area contributed by atoms with Gasteiger partial charge in [0.05, 0.1) is 11.8 Å². The van der Waals surface area contributed by atoms with Crippen LogP contribution >= 0.6 is 0 Å². The van der Waals surface area contributed by atoms with Gasteiger partial charge in [-0.15, -0.1) is 0 Å². The molecule has 0 fully saturated rings. The minimum atomic E-state index is -0.583. The van der Waals surface area contributed by atoms with E-state index in [0.717, 1.165) is 19.0 Å². The van der Waals surface area contributed by atoms with Gasteiger partial charge in [-0.3, -0.25) is 9.78 Å². The molecule has 0 spiro atoms. The highest BCUT2D eigenvalue weighted by molar-refractivity contribution is 5.94. The summed E-state index contributed by atoms with van der Waals surface area (Å²) in [5, 5.41) is 2.80. The van der Waals surface area contributed by atoms with Gasteiger partial charge < -0.3 is 5.32 Å². The van der Waals surface area contributed by atoms with E-state index in [9.17, 15) is 9.18 Å². The molecule has 17 heavy (non-hydrogen) atoms. The van der Waals surface area contributed by atoms with Crippen molar-refractivity contribution in [2.24, 2.45) is 5.92 Å². The Morgan fingerprint density at radius 2 is 2.24 bits per heavy atom. The van der Waals surface area contributed by atoms with Crippen LogP contribution in [0.25, 0.3) is 0 Å². The Kier molecular flexibility index (Phi) is 5.07. The molecule has 0 saturated carbocycles. The maximum Gasteiger partial charge on any atom is 0.254 e. The third-order valence-electron chi connectivity index (χ3n) is 2.85. The molecule has 1 rings (SSSR count). The number of amides is 1. The van der Waals surface area contributed by atoms with Gasteiger partial charge in [0, 0.05) is 12.2 Å². The molecule has 1 heterocycles. The predicted molar refractivity (Wildman–Crippen MR) is 65.2 cm³/mol. The van der Waals surface area contributed by atoms with Gasteiger partial charge in [0.25, 0.3) is 5.91 Å². The van der Waals surface area contributed by atoms with Crippen LogP contribution in [0.5, 0.6) is 0 Å². The highest BCUT2D eigenvalue weighted by atomic mass is 19.1. The zero-order valence-corrected chi connectivity index (χ0v) is 10.5. The number of pyridine rings is 1. The Morgan fingerprint density at radius 1 is 1.53 bits per heavy atom. The maximum atomic E-state index is 13.3. The van der Waals surface area contributed by atoms with Crippen LogP contribution in [0.2, 0.25) is 0 Å². The van der Waals surface area contributed by atoms with Gasteiger partial charge >= 0.3 is 0 Å². The summed E-state index contributed by atoms with van der Waals surface area (Å²) < 4.78 is 13.3. The zero-order valence-electron chi connectivity index (χ0n) is 10.5. The van der Waals surface area contributed by atoms with Crippen molar-refractivity contribution >= 4 is 5.91 Å². The number of carbonyl (C=O) groups excluding carboxylic acids is 1. The Morgan fingerprint density at radius 3 is 2.82 bits per heavy atom. The average Bonchev–Trinajstić information content (AvgIpc) is 2.29. The lowest BCUT2D eigenvalue weighted by atomic mass is 10.0. The average molecular weight is 238 g/mol. The second-order valence-electron chi connectivity index (χ2n) is 4.48. The largest absolute Gasteiger partial charge is 0.349 e. The predicted octanol–water partition coefficient (Wildman–Crippen LogP) is 2.78. The lowest BCUT2D eigenvalue weighted by molar-refractivity contribution is 0.0931. The van der Waals surface area contributed by atoms with Gasteiger partial charge in [0.15, 0.2) is 5.82 Å². The van der Waals surface area contributed by atoms with Crippen molar-refractivity contribution in [1.29, 1.82) is 0 Å². The lowest BCUT2D eigenvalue weighted by Crippen LogP contribution is -2.34. The second-order valence-corrected chi connectivity index (χ2v) is 4.48. The molecule has 2 unspecified atom stereocenters. The fraction of sp³-hybridized carbons (Fsp3) is 0.538. The van der Waals surface area contributed by atoms with Crippen molar-refractivity contribution in [1.82, 2.24) is 10.3 Å². The number of nitrogens with one attached hydrogen (secondary N) is 1. The fourth-order valence-electron chi connectivity index (χ4n) is 1.69. The fourth-order valence-corrected chi connectivity index (χ4v) is 1.69. The minimum Gasteiger partial charge on any atom is -0.349 e. The van der Waals surface area contributed by atoms with E-state index >= 15 is 0 Å². The maximum absolute atomic E-state index is 13.3. The summed E-state index contributed by atoms with van der Waals surface area (Å²) in [6.45, 7) is 6.18. The molecule has 0 aromatic carbocycles. The first-order chi connectivity index (χ1) is 8.04. The number of rotatable bonds is 5. The van der Waals surface area contributed by atoms with E-state index in [1.807, 2.05) is 6.92 Å². The van der Waals surface area contributed by atoms with Crippen LogP contribution in [-0.2, 0) is 0 Å². The summed E-state index contributed by atoms with van der Waals surface area (Å²) in [6, 6.07) is 1.44. The van der Waals surface area contributed by atoms with E-state index in [1.54, 1.807) is 0 Å². The summed E-state index contributed by atoms with van der Waals surface area (Å²) in [7, 11) is 0. The van der Waals surface area contributed by atoms with Crippen LogP contribution in [0.15, 0.2) is 18.5 Å². The number of hydrogen-bond acceptors (Lipinski definition) is 2. The molecule has 0 aliphatic carbocycles. The molecule has 3 nitrogen and oxygen atoms in total. The summed E-state index contributed by atoms with van der Waals surface area (Å²) in [4.78, 5) is 15.4. The number of hydrogen-bond donors (Lipinski definition) is 1. The Bertz CT molecular complexity index is 381. The van der Waals surface area contributed by atoms with Gasteiger partial charge in [0.1, 0.15) is 0 Å². The quantitative estimate of drug-likeness (QED) is 0.857. The standard InChI is InChI=1S/C13H19FN2O/c1-4-9(2)7-10(3)16-13(17)11-5-6-15-8-12(11)14/h5-6,8-10H,4,7H2,1-3H3,(H,16,17). The van der Waals surface area contributed by atoms with E-state index < -0.39 is 5.82 Å². The first kappa shape index (κ1) is 13.6. The second kappa shape index (κ2) is 6.33. The monoisotopic (exact) mass is 238 g/mol. The number of carbonyl (C=O) groups is 1. The molecule has 2 atom stereocenters. The van der Waals surface area contributed by atoms with Crippen molar-refractivity contribution in [3.05, 3.63) is 29.8 Å². The molecule has 4 heteroatoms. The van der Waals surface area contributed by atoms with Crippen LogP contribution in [-0.4, -0.2) is 16.9 Å². The molecule has 94 valence electrons. The number of aromatic nitrogens is 1. The van der Waals surface area contributed by atoms with E-state index in [1.165, 1.54) is 12.3 Å². The van der Waals surface area contributed by atoms with E-state index in [2.05, 4.69) is 24.1 Å². The van der Waals surface area contributed by atoms with Gasteiger partial charge in [-0.2, -0.15) is 0 Å².